The van der Waals surface area contributed by atoms with Crippen LogP contribution in [0.15, 0.2) is 54.5 Å². The van der Waals surface area contributed by atoms with Gasteiger partial charge in [0.25, 0.3) is 0 Å². The Bertz CT molecular complexity index is 472. The minimum Gasteiger partial charge on any atom is -0.435 e. The molecule has 0 saturated carbocycles. The minimum atomic E-state index is -0.434. The average Bonchev–Trinajstić information content (AvgIpc) is 2.36. The predicted molar refractivity (Wildman–Crippen MR) is 66.5 cm³/mol. The highest BCUT2D eigenvalue weighted by molar-refractivity contribution is 5.89. The predicted octanol–water partition coefficient (Wildman–Crippen LogP) is 2.82. The second-order valence-electron chi connectivity index (χ2n) is 3.55. The Morgan fingerprint density at radius 3 is 2.33 bits per heavy atom. The van der Waals surface area contributed by atoms with E-state index in [4.69, 9.17) is 4.74 Å². The summed E-state index contributed by atoms with van der Waals surface area (Å²) < 4.78 is 9.56. The van der Waals surface area contributed by atoms with Crippen molar-refractivity contribution >= 4 is 11.9 Å². The molecule has 18 heavy (non-hydrogen) atoms. The monoisotopic (exact) mass is 246 g/mol. The fraction of sp³-hybridized carbons (Fsp3) is 0.143. The normalized spacial score (nSPS) is 11.3. The lowest BCUT2D eigenvalue weighted by molar-refractivity contribution is -0.135. The van der Waals surface area contributed by atoms with E-state index in [1.54, 1.807) is 31.2 Å². The average molecular weight is 246 g/mol. The number of allylic oxidation sites excluding steroid dienone is 2. The molecular formula is C14H14O4. The van der Waals surface area contributed by atoms with Crippen molar-refractivity contribution in [1.29, 1.82) is 0 Å². The summed E-state index contributed by atoms with van der Waals surface area (Å²) in [6.07, 6.45) is 4.07. The summed E-state index contributed by atoms with van der Waals surface area (Å²) in [5, 5.41) is 0. The summed E-state index contributed by atoms with van der Waals surface area (Å²) in [7, 11) is 0. The zero-order chi connectivity index (χ0) is 13.4. The molecule has 0 saturated heterocycles. The third-order valence-electron chi connectivity index (χ3n) is 1.93. The molecule has 0 bridgehead atoms. The zero-order valence-corrected chi connectivity index (χ0v) is 10.3. The van der Waals surface area contributed by atoms with Crippen LogP contribution in [0.3, 0.4) is 0 Å². The molecule has 0 atom stereocenters. The lowest BCUT2D eigenvalue weighted by atomic mass is 10.2. The van der Waals surface area contributed by atoms with E-state index in [1.807, 2.05) is 6.07 Å². The van der Waals surface area contributed by atoms with E-state index in [1.165, 1.54) is 25.5 Å². The van der Waals surface area contributed by atoms with Crippen molar-refractivity contribution in [3.8, 4) is 0 Å². The van der Waals surface area contributed by atoms with E-state index >= 15 is 0 Å². The summed E-state index contributed by atoms with van der Waals surface area (Å²) >= 11 is 0. The third kappa shape index (κ3) is 5.12. The number of hydrogen-bond donors (Lipinski definition) is 0. The molecule has 0 radical (unpaired) electrons. The highest BCUT2D eigenvalue weighted by Gasteiger charge is 2.03. The maximum atomic E-state index is 11.6. The van der Waals surface area contributed by atoms with Crippen molar-refractivity contribution in [3.63, 3.8) is 0 Å². The van der Waals surface area contributed by atoms with Gasteiger partial charge in [-0.15, -0.1) is 0 Å². The maximum absolute atomic E-state index is 11.6. The molecule has 94 valence electrons. The van der Waals surface area contributed by atoms with Crippen molar-refractivity contribution in [1.82, 2.24) is 0 Å². The first-order valence-corrected chi connectivity index (χ1v) is 5.36. The van der Waals surface area contributed by atoms with Crippen LogP contribution in [-0.4, -0.2) is 11.9 Å². The van der Waals surface area contributed by atoms with Crippen molar-refractivity contribution < 1.29 is 19.1 Å². The fourth-order valence-electron chi connectivity index (χ4n) is 1.07. The van der Waals surface area contributed by atoms with E-state index in [0.29, 0.717) is 11.1 Å². The first kappa shape index (κ1) is 13.7. The van der Waals surface area contributed by atoms with E-state index in [-0.39, 0.29) is 0 Å². The number of esters is 2. The Labute approximate surface area is 106 Å². The molecule has 0 heterocycles. The van der Waals surface area contributed by atoms with Gasteiger partial charge < -0.3 is 9.47 Å². The molecule has 0 fully saturated rings. The molecule has 0 aliphatic carbocycles. The summed E-state index contributed by atoms with van der Waals surface area (Å²) in [6.45, 7) is 3.02. The van der Waals surface area contributed by atoms with Crippen LogP contribution in [0.2, 0.25) is 0 Å². The summed E-state index contributed by atoms with van der Waals surface area (Å²) in [5.74, 6) is -0.837. The second kappa shape index (κ2) is 7.06. The molecular weight excluding hydrogens is 232 g/mol. The quantitative estimate of drug-likeness (QED) is 0.465. The molecule has 0 aliphatic rings. The SMILES string of the molecule is CC(=O)O/C=C\C(C)=C/OC(=O)c1ccccc1. The van der Waals surface area contributed by atoms with Crippen LogP contribution in [0.5, 0.6) is 0 Å². The van der Waals surface area contributed by atoms with Gasteiger partial charge >= 0.3 is 11.9 Å². The van der Waals surface area contributed by atoms with Crippen molar-refractivity contribution in [2.24, 2.45) is 0 Å². The van der Waals surface area contributed by atoms with Gasteiger partial charge in [0, 0.05) is 6.92 Å². The number of hydrogen-bond acceptors (Lipinski definition) is 4. The molecule has 0 spiro atoms. The van der Waals surface area contributed by atoms with Gasteiger partial charge in [-0.2, -0.15) is 0 Å². The van der Waals surface area contributed by atoms with Gasteiger partial charge in [-0.05, 0) is 30.7 Å². The van der Waals surface area contributed by atoms with E-state index in [0.717, 1.165) is 0 Å². The van der Waals surface area contributed by atoms with E-state index in [2.05, 4.69) is 4.74 Å². The molecule has 0 aromatic heterocycles. The van der Waals surface area contributed by atoms with Crippen molar-refractivity contribution in [2.75, 3.05) is 0 Å². The standard InChI is InChI=1S/C14H14O4/c1-11(8-9-17-12(2)15)10-18-14(16)13-6-4-3-5-7-13/h3-10H,1-2H3/b9-8-,11-10-. The number of benzene rings is 1. The van der Waals surface area contributed by atoms with Crippen molar-refractivity contribution in [2.45, 2.75) is 13.8 Å². The van der Waals surface area contributed by atoms with Crippen molar-refractivity contribution in [3.05, 3.63) is 60.1 Å². The lowest BCUT2D eigenvalue weighted by Gasteiger charge is -1.99. The van der Waals surface area contributed by atoms with Gasteiger partial charge in [0.1, 0.15) is 0 Å². The first-order valence-electron chi connectivity index (χ1n) is 5.36. The first-order chi connectivity index (χ1) is 8.59. The number of ether oxygens (including phenoxy) is 2. The Hall–Kier alpha value is -2.36. The summed E-state index contributed by atoms with van der Waals surface area (Å²) in [5.41, 5.74) is 1.13. The highest BCUT2D eigenvalue weighted by atomic mass is 16.5. The molecule has 1 aromatic carbocycles. The second-order valence-corrected chi connectivity index (χ2v) is 3.55. The topological polar surface area (TPSA) is 52.6 Å². The van der Waals surface area contributed by atoms with Gasteiger partial charge in [0.05, 0.1) is 18.1 Å². The van der Waals surface area contributed by atoms with Crippen LogP contribution >= 0.6 is 0 Å². The molecule has 4 nitrogen and oxygen atoms in total. The van der Waals surface area contributed by atoms with Crippen LogP contribution in [0.4, 0.5) is 0 Å². The molecule has 0 amide bonds. The highest BCUT2D eigenvalue weighted by Crippen LogP contribution is 2.03. The number of rotatable bonds is 4. The van der Waals surface area contributed by atoms with Crippen LogP contribution < -0.4 is 0 Å². The van der Waals surface area contributed by atoms with Crippen LogP contribution in [0.25, 0.3) is 0 Å². The lowest BCUT2D eigenvalue weighted by Crippen LogP contribution is -2.00. The Balaban J connectivity index is 2.51. The summed E-state index contributed by atoms with van der Waals surface area (Å²) in [6, 6.07) is 8.67. The molecule has 0 unspecified atom stereocenters. The minimum absolute atomic E-state index is 0.402. The maximum Gasteiger partial charge on any atom is 0.342 e. The van der Waals surface area contributed by atoms with E-state index in [9.17, 15) is 9.59 Å². The molecule has 4 heteroatoms. The van der Waals surface area contributed by atoms with Gasteiger partial charge in [-0.25, -0.2) is 4.79 Å². The van der Waals surface area contributed by atoms with Gasteiger partial charge in [0.2, 0.25) is 0 Å². The molecule has 1 rings (SSSR count). The van der Waals surface area contributed by atoms with Crippen LogP contribution in [0.1, 0.15) is 24.2 Å². The Morgan fingerprint density at radius 2 is 1.72 bits per heavy atom. The largest absolute Gasteiger partial charge is 0.435 e. The van der Waals surface area contributed by atoms with Gasteiger partial charge in [-0.1, -0.05) is 18.2 Å². The van der Waals surface area contributed by atoms with Gasteiger partial charge in [0.15, 0.2) is 0 Å². The van der Waals surface area contributed by atoms with Gasteiger partial charge in [-0.3, -0.25) is 4.79 Å². The van der Waals surface area contributed by atoms with Crippen LogP contribution in [-0.2, 0) is 14.3 Å². The van der Waals surface area contributed by atoms with E-state index < -0.39 is 11.9 Å². The Kier molecular flexibility index (Phi) is 5.38. The zero-order valence-electron chi connectivity index (χ0n) is 10.3. The fourth-order valence-corrected chi connectivity index (χ4v) is 1.07. The molecule has 0 N–H and O–H groups in total. The smallest absolute Gasteiger partial charge is 0.342 e. The number of carbonyl (C=O) groups excluding carboxylic acids is 2. The Morgan fingerprint density at radius 1 is 1.06 bits per heavy atom. The molecule has 0 aliphatic heterocycles. The third-order valence-corrected chi connectivity index (χ3v) is 1.93. The van der Waals surface area contributed by atoms with Crippen LogP contribution in [0, 0.1) is 0 Å². The number of carbonyl (C=O) groups is 2. The summed E-state index contributed by atoms with van der Waals surface area (Å²) in [4.78, 5) is 22.1. The molecule has 1 aromatic rings.